The average molecular weight is 444 g/mol. The number of rotatable bonds is 6. The van der Waals surface area contributed by atoms with E-state index in [0.29, 0.717) is 30.5 Å². The van der Waals surface area contributed by atoms with Crippen LogP contribution in [0.4, 0.5) is 5.69 Å². The van der Waals surface area contributed by atoms with E-state index >= 15 is 0 Å². The molecule has 0 unspecified atom stereocenters. The fraction of sp³-hybridized carbons (Fsp3) is 0.370. The number of amides is 1. The molecule has 1 aliphatic carbocycles. The zero-order valence-corrected chi connectivity index (χ0v) is 18.6. The van der Waals surface area contributed by atoms with Gasteiger partial charge in [-0.2, -0.15) is 0 Å². The van der Waals surface area contributed by atoms with E-state index in [1.165, 1.54) is 22.4 Å². The summed E-state index contributed by atoms with van der Waals surface area (Å²) in [5, 5.41) is 13.7. The Labute approximate surface area is 193 Å². The van der Waals surface area contributed by atoms with Crippen molar-refractivity contribution in [2.24, 2.45) is 11.8 Å². The summed E-state index contributed by atoms with van der Waals surface area (Å²) in [7, 11) is 0. The normalized spacial score (nSPS) is 22.6. The smallest absolute Gasteiger partial charge is 0.254 e. The minimum atomic E-state index is -0.507. The Kier molecular flexibility index (Phi) is 6.09. The van der Waals surface area contributed by atoms with Crippen molar-refractivity contribution in [2.45, 2.75) is 50.7 Å². The highest BCUT2D eigenvalue weighted by molar-refractivity contribution is 5.94. The maximum Gasteiger partial charge on any atom is 0.254 e. The van der Waals surface area contributed by atoms with E-state index in [0.717, 1.165) is 36.9 Å². The van der Waals surface area contributed by atoms with Gasteiger partial charge in [0.15, 0.2) is 0 Å². The third-order valence-corrected chi connectivity index (χ3v) is 7.13. The Morgan fingerprint density at radius 2 is 1.85 bits per heavy atom. The number of nitrogens with zero attached hydrogens (tertiary/aromatic N) is 2. The summed E-state index contributed by atoms with van der Waals surface area (Å²) < 4.78 is 1.50. The number of aryl methyl sites for hydroxylation is 1. The molecule has 0 radical (unpaired) electrons. The van der Waals surface area contributed by atoms with Crippen LogP contribution in [0.3, 0.4) is 0 Å². The lowest BCUT2D eigenvalue weighted by Crippen LogP contribution is -2.31. The van der Waals surface area contributed by atoms with Crippen LogP contribution >= 0.6 is 0 Å². The van der Waals surface area contributed by atoms with Gasteiger partial charge in [0.2, 0.25) is 5.91 Å². The number of hydrogen-bond acceptors (Lipinski definition) is 4. The van der Waals surface area contributed by atoms with Crippen LogP contribution in [0.2, 0.25) is 0 Å². The SMILES string of the molecule is O=C(Nc1ccc(C[C@@H]2CC[C@H]([C@H](O)c3ccccc3)C2)cc1)[C@@H]1CCc2nccc(=O)n21. The van der Waals surface area contributed by atoms with Crippen LogP contribution in [0, 0.1) is 11.8 Å². The predicted molar refractivity (Wildman–Crippen MR) is 127 cm³/mol. The summed E-state index contributed by atoms with van der Waals surface area (Å²) in [5.41, 5.74) is 2.80. The Bertz CT molecular complexity index is 1170. The summed E-state index contributed by atoms with van der Waals surface area (Å²) in [6, 6.07) is 18.8. The Morgan fingerprint density at radius 1 is 1.06 bits per heavy atom. The molecule has 1 amide bonds. The van der Waals surface area contributed by atoms with Crippen molar-refractivity contribution < 1.29 is 9.90 Å². The molecule has 0 spiro atoms. The monoisotopic (exact) mass is 443 g/mol. The molecule has 33 heavy (non-hydrogen) atoms. The largest absolute Gasteiger partial charge is 0.388 e. The maximum atomic E-state index is 12.8. The topological polar surface area (TPSA) is 84.2 Å². The van der Waals surface area contributed by atoms with Gasteiger partial charge in [0.25, 0.3) is 5.56 Å². The lowest BCUT2D eigenvalue weighted by Gasteiger charge is -2.19. The quantitative estimate of drug-likeness (QED) is 0.602. The zero-order valence-electron chi connectivity index (χ0n) is 18.6. The molecule has 1 fully saturated rings. The van der Waals surface area contributed by atoms with E-state index in [1.54, 1.807) is 0 Å². The molecule has 4 atom stereocenters. The van der Waals surface area contributed by atoms with E-state index in [4.69, 9.17) is 0 Å². The van der Waals surface area contributed by atoms with Gasteiger partial charge in [0.05, 0.1) is 6.10 Å². The van der Waals surface area contributed by atoms with Gasteiger partial charge in [-0.05, 0) is 67.2 Å². The Hall–Kier alpha value is -3.25. The van der Waals surface area contributed by atoms with Gasteiger partial charge in [-0.3, -0.25) is 14.2 Å². The predicted octanol–water partition coefficient (Wildman–Crippen LogP) is 4.06. The van der Waals surface area contributed by atoms with Gasteiger partial charge < -0.3 is 10.4 Å². The number of aliphatic hydroxyl groups excluding tert-OH is 1. The molecule has 170 valence electrons. The summed E-state index contributed by atoms with van der Waals surface area (Å²) in [5.74, 6) is 1.36. The molecule has 6 heteroatoms. The average Bonchev–Trinajstić information content (AvgIpc) is 3.49. The van der Waals surface area contributed by atoms with Crippen LogP contribution in [0.5, 0.6) is 0 Å². The van der Waals surface area contributed by atoms with Gasteiger partial charge in [-0.15, -0.1) is 0 Å². The van der Waals surface area contributed by atoms with Crippen LogP contribution in [-0.4, -0.2) is 20.6 Å². The minimum Gasteiger partial charge on any atom is -0.388 e. The van der Waals surface area contributed by atoms with Crippen molar-refractivity contribution in [3.05, 3.63) is 94.2 Å². The molecule has 1 aromatic heterocycles. The van der Waals surface area contributed by atoms with Gasteiger partial charge in [-0.25, -0.2) is 4.98 Å². The number of benzene rings is 2. The first-order chi connectivity index (χ1) is 16.1. The van der Waals surface area contributed by atoms with Crippen LogP contribution < -0.4 is 10.9 Å². The molecule has 5 rings (SSSR count). The van der Waals surface area contributed by atoms with Crippen LogP contribution in [0.1, 0.15) is 54.8 Å². The second-order valence-electron chi connectivity index (χ2n) is 9.31. The van der Waals surface area contributed by atoms with E-state index in [2.05, 4.69) is 22.4 Å². The Morgan fingerprint density at radius 3 is 2.64 bits per heavy atom. The van der Waals surface area contributed by atoms with Crippen molar-refractivity contribution >= 4 is 11.6 Å². The molecule has 2 aromatic carbocycles. The number of aromatic nitrogens is 2. The van der Waals surface area contributed by atoms with Crippen molar-refractivity contribution in [3.8, 4) is 0 Å². The molecule has 0 bridgehead atoms. The van der Waals surface area contributed by atoms with Gasteiger partial charge >= 0.3 is 0 Å². The first kappa shape index (κ1) is 21.6. The molecule has 2 N–H and O–H groups in total. The number of nitrogens with one attached hydrogen (secondary N) is 1. The number of fused-ring (bicyclic) bond motifs is 1. The van der Waals surface area contributed by atoms with E-state index < -0.39 is 12.1 Å². The number of aliphatic hydroxyl groups is 1. The molecule has 0 saturated heterocycles. The second kappa shape index (κ2) is 9.32. The highest BCUT2D eigenvalue weighted by Crippen LogP contribution is 2.40. The van der Waals surface area contributed by atoms with Crippen molar-refractivity contribution in [1.82, 2.24) is 9.55 Å². The highest BCUT2D eigenvalue weighted by atomic mass is 16.3. The minimum absolute atomic E-state index is 0.176. The van der Waals surface area contributed by atoms with Gasteiger partial charge in [0.1, 0.15) is 11.9 Å². The standard InChI is InChI=1S/C27H29N3O3/c31-25-14-15-28-24-13-12-23(30(24)25)27(33)29-22-10-7-18(8-11-22)16-19-6-9-21(17-19)26(32)20-4-2-1-3-5-20/h1-5,7-8,10-11,14-15,19,21,23,26,32H,6,9,12-13,16-17H2,(H,29,33)/t19-,21-,23-,26+/m0/s1. The lowest BCUT2D eigenvalue weighted by atomic mass is 9.91. The summed E-state index contributed by atoms with van der Waals surface area (Å²) in [6.45, 7) is 0. The van der Waals surface area contributed by atoms with Crippen LogP contribution in [0.25, 0.3) is 0 Å². The molecule has 1 aliphatic heterocycles. The third-order valence-electron chi connectivity index (χ3n) is 7.13. The zero-order chi connectivity index (χ0) is 22.8. The number of anilines is 1. The summed E-state index contributed by atoms with van der Waals surface area (Å²) in [6.07, 6.45) is 6.51. The molecular formula is C27H29N3O3. The third kappa shape index (κ3) is 4.62. The fourth-order valence-electron chi connectivity index (χ4n) is 5.41. The van der Waals surface area contributed by atoms with E-state index in [1.807, 2.05) is 42.5 Å². The summed E-state index contributed by atoms with van der Waals surface area (Å²) in [4.78, 5) is 29.2. The first-order valence-corrected chi connectivity index (χ1v) is 11.8. The lowest BCUT2D eigenvalue weighted by molar-refractivity contribution is -0.119. The fourth-order valence-corrected chi connectivity index (χ4v) is 5.41. The molecular weight excluding hydrogens is 414 g/mol. The van der Waals surface area contributed by atoms with Gasteiger partial charge in [-0.1, -0.05) is 42.5 Å². The Balaban J connectivity index is 1.17. The number of carbonyl (C=O) groups excluding carboxylic acids is 1. The highest BCUT2D eigenvalue weighted by Gasteiger charge is 2.31. The first-order valence-electron chi connectivity index (χ1n) is 11.8. The summed E-state index contributed by atoms with van der Waals surface area (Å²) >= 11 is 0. The maximum absolute atomic E-state index is 12.8. The second-order valence-corrected chi connectivity index (χ2v) is 9.31. The molecule has 2 heterocycles. The van der Waals surface area contributed by atoms with Crippen LogP contribution in [0.15, 0.2) is 71.7 Å². The number of carbonyl (C=O) groups is 1. The van der Waals surface area contributed by atoms with Crippen molar-refractivity contribution in [3.63, 3.8) is 0 Å². The van der Waals surface area contributed by atoms with E-state index in [-0.39, 0.29) is 11.5 Å². The molecule has 1 saturated carbocycles. The van der Waals surface area contributed by atoms with Crippen molar-refractivity contribution in [2.75, 3.05) is 5.32 Å². The van der Waals surface area contributed by atoms with E-state index in [9.17, 15) is 14.7 Å². The molecule has 2 aliphatic rings. The number of hydrogen-bond donors (Lipinski definition) is 2. The molecule has 3 aromatic rings. The van der Waals surface area contributed by atoms with Crippen molar-refractivity contribution in [1.29, 1.82) is 0 Å². The van der Waals surface area contributed by atoms with Gasteiger partial charge in [0, 0.05) is 24.4 Å². The molecule has 6 nitrogen and oxygen atoms in total. The van der Waals surface area contributed by atoms with Crippen LogP contribution in [-0.2, 0) is 17.6 Å².